The summed E-state index contributed by atoms with van der Waals surface area (Å²) >= 11 is 0. The molecule has 1 aromatic rings. The minimum absolute atomic E-state index is 0.380. The van der Waals surface area contributed by atoms with Crippen LogP contribution in [0.15, 0.2) is 18.2 Å². The highest BCUT2D eigenvalue weighted by atomic mass is 16.5. The van der Waals surface area contributed by atoms with Crippen molar-refractivity contribution in [1.82, 2.24) is 5.32 Å². The van der Waals surface area contributed by atoms with Crippen LogP contribution in [-0.4, -0.2) is 24.9 Å². The second kappa shape index (κ2) is 6.59. The maximum Gasteiger partial charge on any atom is 0.115 e. The Morgan fingerprint density at radius 2 is 2.15 bits per heavy atom. The van der Waals surface area contributed by atoms with Gasteiger partial charge in [0.25, 0.3) is 0 Å². The summed E-state index contributed by atoms with van der Waals surface area (Å²) in [6.45, 7) is 2.81. The third-order valence-electron chi connectivity index (χ3n) is 4.35. The van der Waals surface area contributed by atoms with Crippen molar-refractivity contribution < 1.29 is 9.84 Å². The Morgan fingerprint density at radius 1 is 1.25 bits per heavy atom. The minimum atomic E-state index is 0.380. The van der Waals surface area contributed by atoms with Crippen molar-refractivity contribution in [3.8, 4) is 5.75 Å². The standard InChI is InChI=1S/C17H25NO2/c19-15-8-7-14-3-1-4-17(16(14)11-15)18-9-2-10-20-12-13-5-6-13/h7-8,11,13,17-19H,1-6,9-10,12H2. The van der Waals surface area contributed by atoms with Crippen molar-refractivity contribution in [3.63, 3.8) is 0 Å². The minimum Gasteiger partial charge on any atom is -0.508 e. The summed E-state index contributed by atoms with van der Waals surface area (Å²) < 4.78 is 5.66. The first-order chi connectivity index (χ1) is 9.83. The van der Waals surface area contributed by atoms with Crippen LogP contribution in [0, 0.1) is 5.92 Å². The molecular weight excluding hydrogens is 250 g/mol. The molecule has 2 aliphatic rings. The molecule has 0 amide bonds. The van der Waals surface area contributed by atoms with Crippen LogP contribution < -0.4 is 5.32 Å². The van der Waals surface area contributed by atoms with E-state index in [0.717, 1.165) is 38.5 Å². The zero-order valence-electron chi connectivity index (χ0n) is 12.1. The number of phenolic OH excluding ortho intramolecular Hbond substituents is 1. The first-order valence-corrected chi connectivity index (χ1v) is 7.96. The van der Waals surface area contributed by atoms with Crippen molar-refractivity contribution in [2.75, 3.05) is 19.8 Å². The summed E-state index contributed by atoms with van der Waals surface area (Å²) in [6, 6.07) is 6.19. The highest BCUT2D eigenvalue weighted by Crippen LogP contribution is 2.32. The Bertz CT molecular complexity index is 443. The van der Waals surface area contributed by atoms with Crippen LogP contribution in [0.5, 0.6) is 5.75 Å². The lowest BCUT2D eigenvalue weighted by Crippen LogP contribution is -2.26. The van der Waals surface area contributed by atoms with Gasteiger partial charge in [0, 0.05) is 19.3 Å². The molecule has 0 aliphatic heterocycles. The molecule has 0 heterocycles. The SMILES string of the molecule is Oc1ccc2c(c1)C(NCCCOCC1CC1)CCC2. The Morgan fingerprint density at radius 3 is 3.00 bits per heavy atom. The zero-order chi connectivity index (χ0) is 13.8. The first-order valence-electron chi connectivity index (χ1n) is 7.96. The number of aromatic hydroxyl groups is 1. The van der Waals surface area contributed by atoms with Gasteiger partial charge in [0.2, 0.25) is 0 Å². The molecular formula is C17H25NO2. The lowest BCUT2D eigenvalue weighted by Gasteiger charge is -2.26. The first kappa shape index (κ1) is 13.9. The van der Waals surface area contributed by atoms with Gasteiger partial charge in [0.15, 0.2) is 0 Å². The summed E-state index contributed by atoms with van der Waals surface area (Å²) in [5.41, 5.74) is 2.67. The molecule has 1 saturated carbocycles. The van der Waals surface area contributed by atoms with E-state index in [-0.39, 0.29) is 0 Å². The van der Waals surface area contributed by atoms with E-state index in [1.807, 2.05) is 6.07 Å². The van der Waals surface area contributed by atoms with Crippen LogP contribution in [-0.2, 0) is 11.2 Å². The van der Waals surface area contributed by atoms with E-state index in [2.05, 4.69) is 11.4 Å². The molecule has 0 bridgehead atoms. The molecule has 0 spiro atoms. The maximum atomic E-state index is 9.66. The maximum absolute atomic E-state index is 9.66. The van der Waals surface area contributed by atoms with Gasteiger partial charge in [-0.2, -0.15) is 0 Å². The van der Waals surface area contributed by atoms with Gasteiger partial charge in [-0.3, -0.25) is 0 Å². The molecule has 3 rings (SSSR count). The van der Waals surface area contributed by atoms with E-state index in [1.54, 1.807) is 6.07 Å². The van der Waals surface area contributed by atoms with Crippen LogP contribution in [0.3, 0.4) is 0 Å². The summed E-state index contributed by atoms with van der Waals surface area (Å²) in [7, 11) is 0. The van der Waals surface area contributed by atoms with Crippen molar-refractivity contribution in [3.05, 3.63) is 29.3 Å². The topological polar surface area (TPSA) is 41.5 Å². The Balaban J connectivity index is 1.42. The Labute approximate surface area is 121 Å². The molecule has 2 N–H and O–H groups in total. The number of rotatable bonds is 7. The predicted octanol–water partition coefficient (Wildman–Crippen LogP) is 3.18. The van der Waals surface area contributed by atoms with E-state index in [1.165, 1.54) is 36.8 Å². The molecule has 3 nitrogen and oxygen atoms in total. The highest BCUT2D eigenvalue weighted by Gasteiger charge is 2.21. The second-order valence-corrected chi connectivity index (χ2v) is 6.15. The lowest BCUT2D eigenvalue weighted by molar-refractivity contribution is 0.121. The van der Waals surface area contributed by atoms with Crippen LogP contribution in [0.1, 0.15) is 49.3 Å². The molecule has 0 aromatic heterocycles. The number of hydrogen-bond acceptors (Lipinski definition) is 3. The van der Waals surface area contributed by atoms with Gasteiger partial charge in [-0.15, -0.1) is 0 Å². The van der Waals surface area contributed by atoms with Crippen molar-refractivity contribution in [2.24, 2.45) is 5.92 Å². The van der Waals surface area contributed by atoms with E-state index in [4.69, 9.17) is 4.74 Å². The monoisotopic (exact) mass is 275 g/mol. The highest BCUT2D eigenvalue weighted by molar-refractivity contribution is 5.38. The zero-order valence-corrected chi connectivity index (χ0v) is 12.1. The number of ether oxygens (including phenoxy) is 1. The molecule has 3 heteroatoms. The smallest absolute Gasteiger partial charge is 0.115 e. The average molecular weight is 275 g/mol. The molecule has 1 fully saturated rings. The third-order valence-corrected chi connectivity index (χ3v) is 4.35. The predicted molar refractivity (Wildman–Crippen MR) is 79.9 cm³/mol. The molecule has 0 radical (unpaired) electrons. The number of phenols is 1. The van der Waals surface area contributed by atoms with E-state index in [9.17, 15) is 5.11 Å². The van der Waals surface area contributed by atoms with Gasteiger partial charge >= 0.3 is 0 Å². The van der Waals surface area contributed by atoms with Crippen LogP contribution in [0.4, 0.5) is 0 Å². The fourth-order valence-electron chi connectivity index (χ4n) is 2.98. The summed E-state index contributed by atoms with van der Waals surface area (Å²) in [6.07, 6.45) is 7.32. The van der Waals surface area contributed by atoms with Crippen LogP contribution >= 0.6 is 0 Å². The largest absolute Gasteiger partial charge is 0.508 e. The number of fused-ring (bicyclic) bond motifs is 1. The summed E-state index contributed by atoms with van der Waals surface area (Å²) in [5.74, 6) is 1.24. The van der Waals surface area contributed by atoms with Gasteiger partial charge in [-0.1, -0.05) is 6.07 Å². The molecule has 0 saturated heterocycles. The number of aryl methyl sites for hydroxylation is 1. The van der Waals surface area contributed by atoms with Gasteiger partial charge in [0.1, 0.15) is 5.75 Å². The van der Waals surface area contributed by atoms with Crippen LogP contribution in [0.25, 0.3) is 0 Å². The quantitative estimate of drug-likeness (QED) is 0.751. The molecule has 1 aromatic carbocycles. The van der Waals surface area contributed by atoms with Crippen molar-refractivity contribution in [2.45, 2.75) is 44.6 Å². The third kappa shape index (κ3) is 3.74. The Kier molecular flexibility index (Phi) is 4.58. The number of nitrogens with one attached hydrogen (secondary N) is 1. The van der Waals surface area contributed by atoms with Gasteiger partial charge in [-0.05, 0) is 74.2 Å². The van der Waals surface area contributed by atoms with Crippen molar-refractivity contribution >= 4 is 0 Å². The second-order valence-electron chi connectivity index (χ2n) is 6.15. The van der Waals surface area contributed by atoms with Crippen LogP contribution in [0.2, 0.25) is 0 Å². The molecule has 1 atom stereocenters. The Hall–Kier alpha value is -1.06. The van der Waals surface area contributed by atoms with Gasteiger partial charge in [-0.25, -0.2) is 0 Å². The molecule has 20 heavy (non-hydrogen) atoms. The van der Waals surface area contributed by atoms with Gasteiger partial charge < -0.3 is 15.2 Å². The lowest BCUT2D eigenvalue weighted by atomic mass is 9.87. The number of hydrogen-bond donors (Lipinski definition) is 2. The fourth-order valence-corrected chi connectivity index (χ4v) is 2.98. The number of benzene rings is 1. The van der Waals surface area contributed by atoms with E-state index < -0.39 is 0 Å². The fraction of sp³-hybridized carbons (Fsp3) is 0.647. The van der Waals surface area contributed by atoms with E-state index >= 15 is 0 Å². The molecule has 2 aliphatic carbocycles. The van der Waals surface area contributed by atoms with E-state index in [0.29, 0.717) is 11.8 Å². The molecule has 110 valence electrons. The normalized spacial score (nSPS) is 21.7. The summed E-state index contributed by atoms with van der Waals surface area (Å²) in [5, 5.41) is 13.3. The average Bonchev–Trinajstić information content (AvgIpc) is 3.27. The summed E-state index contributed by atoms with van der Waals surface area (Å²) in [4.78, 5) is 0. The van der Waals surface area contributed by atoms with Crippen molar-refractivity contribution in [1.29, 1.82) is 0 Å². The molecule has 1 unspecified atom stereocenters. The van der Waals surface area contributed by atoms with Gasteiger partial charge in [0.05, 0.1) is 0 Å².